The first-order valence-electron chi connectivity index (χ1n) is 7.03. The molecule has 3 heterocycles. The maximum atomic E-state index is 11.6. The summed E-state index contributed by atoms with van der Waals surface area (Å²) in [5.41, 5.74) is 1.82. The van der Waals surface area contributed by atoms with E-state index in [0.29, 0.717) is 0 Å². The summed E-state index contributed by atoms with van der Waals surface area (Å²) in [5.74, 6) is 0.883. The number of rotatable bonds is 3. The van der Waals surface area contributed by atoms with Crippen LogP contribution in [0.2, 0.25) is 0 Å². The van der Waals surface area contributed by atoms with E-state index < -0.39 is 0 Å². The number of aromatic nitrogens is 3. The second-order valence-electron chi connectivity index (χ2n) is 5.29. The summed E-state index contributed by atoms with van der Waals surface area (Å²) in [6, 6.07) is 1.64. The van der Waals surface area contributed by atoms with Gasteiger partial charge in [-0.3, -0.25) is 9.69 Å². The Bertz CT molecular complexity index is 670. The Morgan fingerprint density at radius 1 is 1.29 bits per heavy atom. The van der Waals surface area contributed by atoms with Gasteiger partial charge in [-0.05, 0) is 6.92 Å². The van der Waals surface area contributed by atoms with Crippen molar-refractivity contribution in [3.8, 4) is 0 Å². The molecule has 7 nitrogen and oxygen atoms in total. The zero-order valence-corrected chi connectivity index (χ0v) is 12.3. The lowest BCUT2D eigenvalue weighted by Gasteiger charge is -2.35. The lowest BCUT2D eigenvalue weighted by Crippen LogP contribution is -2.46. The first-order chi connectivity index (χ1) is 10.1. The lowest BCUT2D eigenvalue weighted by molar-refractivity contribution is 0.246. The van der Waals surface area contributed by atoms with E-state index in [2.05, 4.69) is 19.9 Å². The van der Waals surface area contributed by atoms with E-state index in [0.717, 1.165) is 49.9 Å². The Balaban J connectivity index is 1.61. The molecular weight excluding hydrogens is 270 g/mol. The number of aryl methyl sites for hydroxylation is 2. The summed E-state index contributed by atoms with van der Waals surface area (Å²) in [4.78, 5) is 20.4. The minimum Gasteiger partial charge on any atom is -0.448 e. The Hall–Kier alpha value is -2.15. The van der Waals surface area contributed by atoms with Gasteiger partial charge in [0.25, 0.3) is 5.56 Å². The van der Waals surface area contributed by atoms with Crippen molar-refractivity contribution in [3.05, 3.63) is 40.5 Å². The van der Waals surface area contributed by atoms with Gasteiger partial charge in [0.2, 0.25) is 0 Å². The standard InChI is InChI=1S/C14H19N5O2/c1-11-13(15-10-21-11)9-18-3-5-19(6-4-18)12-7-14(20)17(2)16-8-12/h7-8,10H,3-6,9H2,1-2H3. The van der Waals surface area contributed by atoms with Crippen molar-refractivity contribution < 1.29 is 4.42 Å². The molecule has 1 aliphatic rings. The number of anilines is 1. The molecule has 0 N–H and O–H groups in total. The van der Waals surface area contributed by atoms with Gasteiger partial charge in [-0.25, -0.2) is 9.67 Å². The molecule has 0 amide bonds. The molecule has 1 fully saturated rings. The average Bonchev–Trinajstić information content (AvgIpc) is 2.88. The fourth-order valence-corrected chi connectivity index (χ4v) is 2.49. The van der Waals surface area contributed by atoms with Gasteiger partial charge in [-0.15, -0.1) is 0 Å². The van der Waals surface area contributed by atoms with E-state index in [1.54, 1.807) is 19.3 Å². The van der Waals surface area contributed by atoms with Gasteiger partial charge in [0.05, 0.1) is 17.6 Å². The Morgan fingerprint density at radius 3 is 2.67 bits per heavy atom. The van der Waals surface area contributed by atoms with Crippen molar-refractivity contribution >= 4 is 5.69 Å². The summed E-state index contributed by atoms with van der Waals surface area (Å²) in [7, 11) is 1.66. The molecule has 2 aromatic heterocycles. The van der Waals surface area contributed by atoms with Crippen LogP contribution in [0, 0.1) is 6.92 Å². The van der Waals surface area contributed by atoms with Crippen molar-refractivity contribution in [1.29, 1.82) is 0 Å². The molecule has 0 bridgehead atoms. The molecule has 0 spiro atoms. The van der Waals surface area contributed by atoms with Crippen LogP contribution in [0.3, 0.4) is 0 Å². The first kappa shape index (κ1) is 13.8. The fourth-order valence-electron chi connectivity index (χ4n) is 2.49. The van der Waals surface area contributed by atoms with E-state index in [4.69, 9.17) is 4.42 Å². The van der Waals surface area contributed by atoms with Crippen LogP contribution in [-0.4, -0.2) is 45.8 Å². The van der Waals surface area contributed by atoms with Gasteiger partial charge in [0, 0.05) is 45.8 Å². The highest BCUT2D eigenvalue weighted by Crippen LogP contribution is 2.15. The summed E-state index contributed by atoms with van der Waals surface area (Å²) in [6.07, 6.45) is 3.24. The van der Waals surface area contributed by atoms with Gasteiger partial charge >= 0.3 is 0 Å². The molecule has 0 aromatic carbocycles. The van der Waals surface area contributed by atoms with E-state index in [1.807, 2.05) is 6.92 Å². The highest BCUT2D eigenvalue weighted by Gasteiger charge is 2.19. The number of nitrogens with zero attached hydrogens (tertiary/aromatic N) is 5. The molecule has 3 rings (SSSR count). The number of hydrogen-bond acceptors (Lipinski definition) is 6. The molecule has 0 atom stereocenters. The van der Waals surface area contributed by atoms with Crippen LogP contribution >= 0.6 is 0 Å². The van der Waals surface area contributed by atoms with Gasteiger partial charge in [-0.1, -0.05) is 0 Å². The minimum atomic E-state index is -0.0758. The molecule has 0 radical (unpaired) electrons. The maximum Gasteiger partial charge on any atom is 0.268 e. The Morgan fingerprint density at radius 2 is 2.05 bits per heavy atom. The van der Waals surface area contributed by atoms with Crippen LogP contribution in [-0.2, 0) is 13.6 Å². The Labute approximate surface area is 122 Å². The summed E-state index contributed by atoms with van der Waals surface area (Å²) < 4.78 is 6.57. The molecule has 2 aromatic rings. The monoisotopic (exact) mass is 289 g/mol. The minimum absolute atomic E-state index is 0.0758. The molecule has 1 aliphatic heterocycles. The maximum absolute atomic E-state index is 11.6. The predicted octanol–water partition coefficient (Wildman–Crippen LogP) is 0.399. The normalized spacial score (nSPS) is 16.4. The highest BCUT2D eigenvalue weighted by molar-refractivity contribution is 5.43. The smallest absolute Gasteiger partial charge is 0.268 e. The molecule has 7 heteroatoms. The highest BCUT2D eigenvalue weighted by atomic mass is 16.3. The van der Waals surface area contributed by atoms with Gasteiger partial charge in [0.1, 0.15) is 5.76 Å². The second-order valence-corrected chi connectivity index (χ2v) is 5.29. The molecule has 0 saturated carbocycles. The largest absolute Gasteiger partial charge is 0.448 e. The van der Waals surface area contributed by atoms with Gasteiger partial charge in [-0.2, -0.15) is 5.10 Å². The SMILES string of the molecule is Cc1ocnc1CN1CCN(c2cnn(C)c(=O)c2)CC1. The number of hydrogen-bond donors (Lipinski definition) is 0. The van der Waals surface area contributed by atoms with E-state index in [-0.39, 0.29) is 5.56 Å². The third-order valence-electron chi connectivity index (χ3n) is 3.91. The van der Waals surface area contributed by atoms with E-state index in [1.165, 1.54) is 11.1 Å². The zero-order valence-electron chi connectivity index (χ0n) is 12.3. The van der Waals surface area contributed by atoms with Crippen molar-refractivity contribution in [2.24, 2.45) is 7.05 Å². The summed E-state index contributed by atoms with van der Waals surface area (Å²) in [5, 5.41) is 4.07. The third-order valence-corrected chi connectivity index (χ3v) is 3.91. The average molecular weight is 289 g/mol. The van der Waals surface area contributed by atoms with Crippen molar-refractivity contribution in [2.45, 2.75) is 13.5 Å². The summed E-state index contributed by atoms with van der Waals surface area (Å²) in [6.45, 7) is 6.37. The van der Waals surface area contributed by atoms with E-state index in [9.17, 15) is 4.79 Å². The number of piperazine rings is 1. The van der Waals surface area contributed by atoms with Crippen LogP contribution in [0.5, 0.6) is 0 Å². The van der Waals surface area contributed by atoms with Crippen LogP contribution in [0.4, 0.5) is 5.69 Å². The van der Waals surface area contributed by atoms with Crippen LogP contribution < -0.4 is 10.5 Å². The fraction of sp³-hybridized carbons (Fsp3) is 0.500. The van der Waals surface area contributed by atoms with Gasteiger partial charge < -0.3 is 9.32 Å². The quantitative estimate of drug-likeness (QED) is 0.815. The molecule has 21 heavy (non-hydrogen) atoms. The predicted molar refractivity (Wildman–Crippen MR) is 78.2 cm³/mol. The summed E-state index contributed by atoms with van der Waals surface area (Å²) >= 11 is 0. The molecule has 1 saturated heterocycles. The lowest BCUT2D eigenvalue weighted by atomic mass is 10.2. The van der Waals surface area contributed by atoms with E-state index >= 15 is 0 Å². The third kappa shape index (κ3) is 2.97. The Kier molecular flexibility index (Phi) is 3.74. The zero-order chi connectivity index (χ0) is 14.8. The van der Waals surface area contributed by atoms with Gasteiger partial charge in [0.15, 0.2) is 6.39 Å². The molecule has 0 aliphatic carbocycles. The van der Waals surface area contributed by atoms with Crippen molar-refractivity contribution in [3.63, 3.8) is 0 Å². The second kappa shape index (κ2) is 5.69. The molecular formula is C14H19N5O2. The van der Waals surface area contributed by atoms with Crippen LogP contribution in [0.25, 0.3) is 0 Å². The van der Waals surface area contributed by atoms with Crippen LogP contribution in [0.15, 0.2) is 27.9 Å². The molecule has 112 valence electrons. The number of oxazole rings is 1. The topological polar surface area (TPSA) is 67.4 Å². The van der Waals surface area contributed by atoms with Crippen molar-refractivity contribution in [2.75, 3.05) is 31.1 Å². The van der Waals surface area contributed by atoms with Crippen molar-refractivity contribution in [1.82, 2.24) is 19.7 Å². The first-order valence-corrected chi connectivity index (χ1v) is 7.03. The molecule has 0 unspecified atom stereocenters. The van der Waals surface area contributed by atoms with Crippen LogP contribution in [0.1, 0.15) is 11.5 Å².